The SMILES string of the molecule is CC(C)(C)[Si](C)(C)OCCCC(O)CCCC#C[Si](C)(C)C. The highest BCUT2D eigenvalue weighted by molar-refractivity contribution is 6.83. The van der Waals surface area contributed by atoms with Crippen molar-refractivity contribution in [2.24, 2.45) is 0 Å². The van der Waals surface area contributed by atoms with Gasteiger partial charge in [0.25, 0.3) is 0 Å². The normalized spacial score (nSPS) is 14.4. The lowest BCUT2D eigenvalue weighted by atomic mass is 10.1. The van der Waals surface area contributed by atoms with E-state index in [0.717, 1.165) is 38.7 Å². The Kier molecular flexibility index (Phi) is 9.23. The molecule has 0 bridgehead atoms. The molecule has 0 saturated heterocycles. The third-order valence-electron chi connectivity index (χ3n) is 4.25. The molecule has 130 valence electrons. The molecule has 0 aliphatic carbocycles. The molecule has 0 amide bonds. The van der Waals surface area contributed by atoms with Gasteiger partial charge in [-0.15, -0.1) is 11.5 Å². The van der Waals surface area contributed by atoms with E-state index in [1.165, 1.54) is 0 Å². The molecule has 0 aliphatic rings. The summed E-state index contributed by atoms with van der Waals surface area (Å²) >= 11 is 0. The highest BCUT2D eigenvalue weighted by atomic mass is 28.4. The first-order valence-corrected chi connectivity index (χ1v) is 15.1. The minimum atomic E-state index is -1.63. The predicted octanol–water partition coefficient (Wildman–Crippen LogP) is 5.20. The van der Waals surface area contributed by atoms with Crippen LogP contribution in [0.4, 0.5) is 0 Å². The van der Waals surface area contributed by atoms with E-state index in [9.17, 15) is 5.11 Å². The van der Waals surface area contributed by atoms with Crippen LogP contribution in [0.3, 0.4) is 0 Å². The van der Waals surface area contributed by atoms with Crippen molar-refractivity contribution in [1.29, 1.82) is 0 Å². The van der Waals surface area contributed by atoms with Crippen molar-refractivity contribution >= 4 is 16.4 Å². The molecule has 0 heterocycles. The zero-order chi connectivity index (χ0) is 17.4. The van der Waals surface area contributed by atoms with Crippen LogP contribution in [-0.4, -0.2) is 34.2 Å². The quantitative estimate of drug-likeness (QED) is 0.373. The van der Waals surface area contributed by atoms with Crippen molar-refractivity contribution in [2.75, 3.05) is 6.61 Å². The summed E-state index contributed by atoms with van der Waals surface area (Å²) in [4.78, 5) is 0. The number of unbranched alkanes of at least 4 members (excludes halogenated alkanes) is 1. The van der Waals surface area contributed by atoms with Gasteiger partial charge in [-0.1, -0.05) is 40.4 Å². The van der Waals surface area contributed by atoms with Crippen LogP contribution in [0.15, 0.2) is 0 Å². The molecule has 0 aromatic heterocycles. The average molecular weight is 343 g/mol. The molecule has 4 heteroatoms. The van der Waals surface area contributed by atoms with E-state index in [1.54, 1.807) is 0 Å². The van der Waals surface area contributed by atoms with Gasteiger partial charge in [-0.25, -0.2) is 0 Å². The van der Waals surface area contributed by atoms with Gasteiger partial charge in [0.2, 0.25) is 0 Å². The summed E-state index contributed by atoms with van der Waals surface area (Å²) in [6.07, 6.45) is 4.38. The predicted molar refractivity (Wildman–Crippen MR) is 103 cm³/mol. The molecule has 0 aromatic rings. The fourth-order valence-electron chi connectivity index (χ4n) is 1.76. The molecule has 1 N–H and O–H groups in total. The van der Waals surface area contributed by atoms with Gasteiger partial charge in [0.1, 0.15) is 8.07 Å². The molecular weight excluding hydrogens is 304 g/mol. The zero-order valence-electron chi connectivity index (χ0n) is 16.2. The summed E-state index contributed by atoms with van der Waals surface area (Å²) in [7, 11) is -2.86. The number of hydrogen-bond donors (Lipinski definition) is 1. The number of aliphatic hydroxyl groups excluding tert-OH is 1. The van der Waals surface area contributed by atoms with Crippen molar-refractivity contribution in [2.45, 2.75) is 96.8 Å². The topological polar surface area (TPSA) is 29.5 Å². The van der Waals surface area contributed by atoms with Gasteiger partial charge in [-0.3, -0.25) is 0 Å². The van der Waals surface area contributed by atoms with Crippen molar-refractivity contribution in [3.8, 4) is 11.5 Å². The molecule has 22 heavy (non-hydrogen) atoms. The Morgan fingerprint density at radius 3 is 2.05 bits per heavy atom. The van der Waals surface area contributed by atoms with E-state index in [0.29, 0.717) is 0 Å². The first-order chi connectivity index (χ1) is 9.85. The number of rotatable bonds is 8. The molecule has 0 aromatic carbocycles. The van der Waals surface area contributed by atoms with Gasteiger partial charge in [0, 0.05) is 13.0 Å². The molecular formula is C18H38O2Si2. The van der Waals surface area contributed by atoms with Gasteiger partial charge in [0.15, 0.2) is 8.32 Å². The Morgan fingerprint density at radius 2 is 1.55 bits per heavy atom. The van der Waals surface area contributed by atoms with Crippen LogP contribution >= 0.6 is 0 Å². The van der Waals surface area contributed by atoms with Crippen LogP contribution in [0.2, 0.25) is 37.8 Å². The van der Waals surface area contributed by atoms with Crippen molar-refractivity contribution < 1.29 is 9.53 Å². The second-order valence-corrected chi connectivity index (χ2v) is 18.4. The summed E-state index contributed by atoms with van der Waals surface area (Å²) in [5, 5.41) is 10.3. The van der Waals surface area contributed by atoms with Crippen LogP contribution in [0, 0.1) is 11.5 Å². The summed E-state index contributed by atoms with van der Waals surface area (Å²) in [5.41, 5.74) is 3.37. The van der Waals surface area contributed by atoms with Crippen LogP contribution in [0.1, 0.15) is 52.9 Å². The smallest absolute Gasteiger partial charge is 0.191 e. The van der Waals surface area contributed by atoms with Crippen molar-refractivity contribution in [3.63, 3.8) is 0 Å². The first-order valence-electron chi connectivity index (χ1n) is 8.67. The molecule has 1 unspecified atom stereocenters. The maximum absolute atomic E-state index is 10.0. The molecule has 0 spiro atoms. The largest absolute Gasteiger partial charge is 0.417 e. The van der Waals surface area contributed by atoms with E-state index >= 15 is 0 Å². The molecule has 0 aliphatic heterocycles. The van der Waals surface area contributed by atoms with E-state index in [-0.39, 0.29) is 11.1 Å². The molecule has 0 fully saturated rings. The van der Waals surface area contributed by atoms with Gasteiger partial charge >= 0.3 is 0 Å². The minimum Gasteiger partial charge on any atom is -0.417 e. The van der Waals surface area contributed by atoms with E-state index in [2.05, 4.69) is 65.0 Å². The Bertz CT molecular complexity index is 367. The van der Waals surface area contributed by atoms with Gasteiger partial charge in [-0.05, 0) is 43.8 Å². The second-order valence-electron chi connectivity index (χ2n) is 8.85. The first kappa shape index (κ1) is 21.9. The van der Waals surface area contributed by atoms with Crippen LogP contribution in [0.5, 0.6) is 0 Å². The molecule has 0 rings (SSSR count). The van der Waals surface area contributed by atoms with Crippen LogP contribution in [0.25, 0.3) is 0 Å². The van der Waals surface area contributed by atoms with Crippen LogP contribution in [-0.2, 0) is 4.43 Å². The lowest BCUT2D eigenvalue weighted by molar-refractivity contribution is 0.140. The van der Waals surface area contributed by atoms with E-state index in [1.807, 2.05) is 0 Å². The maximum Gasteiger partial charge on any atom is 0.191 e. The highest BCUT2D eigenvalue weighted by Crippen LogP contribution is 2.36. The number of hydrogen-bond acceptors (Lipinski definition) is 2. The number of aliphatic hydroxyl groups is 1. The summed E-state index contributed by atoms with van der Waals surface area (Å²) in [6, 6.07) is 0. The maximum atomic E-state index is 10.0. The molecule has 1 atom stereocenters. The Balaban J connectivity index is 3.79. The third kappa shape index (κ3) is 10.6. The Labute approximate surface area is 141 Å². The Morgan fingerprint density at radius 1 is 1.00 bits per heavy atom. The zero-order valence-corrected chi connectivity index (χ0v) is 18.2. The molecule has 0 radical (unpaired) electrons. The lowest BCUT2D eigenvalue weighted by Gasteiger charge is -2.36. The van der Waals surface area contributed by atoms with Crippen molar-refractivity contribution in [3.05, 3.63) is 0 Å². The van der Waals surface area contributed by atoms with Gasteiger partial charge in [0.05, 0.1) is 6.10 Å². The summed E-state index contributed by atoms with van der Waals surface area (Å²) in [5.74, 6) is 3.27. The second kappa shape index (κ2) is 9.27. The average Bonchev–Trinajstić information content (AvgIpc) is 2.31. The molecule has 0 saturated carbocycles. The highest BCUT2D eigenvalue weighted by Gasteiger charge is 2.36. The van der Waals surface area contributed by atoms with Gasteiger partial charge in [-0.2, -0.15) is 0 Å². The summed E-state index contributed by atoms with van der Waals surface area (Å²) < 4.78 is 6.13. The fraction of sp³-hybridized carbons (Fsp3) is 0.889. The van der Waals surface area contributed by atoms with E-state index < -0.39 is 16.4 Å². The van der Waals surface area contributed by atoms with Gasteiger partial charge < -0.3 is 9.53 Å². The lowest BCUT2D eigenvalue weighted by Crippen LogP contribution is -2.41. The molecule has 2 nitrogen and oxygen atoms in total. The minimum absolute atomic E-state index is 0.198. The van der Waals surface area contributed by atoms with Crippen LogP contribution < -0.4 is 0 Å². The fourth-order valence-corrected chi connectivity index (χ4v) is 3.50. The Hall–Kier alpha value is -0.0862. The standard InChI is InChI=1S/C18H38O2Si2/c1-18(2,3)22(7,8)20-15-12-14-17(19)13-10-9-11-16-21(4,5)6/h17,19H,9-10,12-15H2,1-8H3. The van der Waals surface area contributed by atoms with E-state index in [4.69, 9.17) is 4.43 Å². The summed E-state index contributed by atoms with van der Waals surface area (Å²) in [6.45, 7) is 18.9. The van der Waals surface area contributed by atoms with Crippen molar-refractivity contribution in [1.82, 2.24) is 0 Å². The third-order valence-corrected chi connectivity index (χ3v) is 9.72. The monoisotopic (exact) mass is 342 g/mol.